The van der Waals surface area contributed by atoms with E-state index in [-0.39, 0.29) is 0 Å². The van der Waals surface area contributed by atoms with E-state index in [9.17, 15) is 0 Å². The second-order valence-electron chi connectivity index (χ2n) is 8.75. The highest BCUT2D eigenvalue weighted by molar-refractivity contribution is 6.03. The Morgan fingerprint density at radius 2 is 1.71 bits per heavy atom. The summed E-state index contributed by atoms with van der Waals surface area (Å²) in [4.78, 5) is 4.78. The van der Waals surface area contributed by atoms with Gasteiger partial charge in [0.15, 0.2) is 0 Å². The quantitative estimate of drug-likeness (QED) is 0.369. The summed E-state index contributed by atoms with van der Waals surface area (Å²) in [7, 11) is 0. The Labute approximate surface area is 167 Å². The van der Waals surface area contributed by atoms with Crippen LogP contribution in [0.25, 0.3) is 33.0 Å². The Bertz CT molecular complexity index is 1160. The van der Waals surface area contributed by atoms with Gasteiger partial charge in [0.1, 0.15) is 11.3 Å². The molecule has 0 N–H and O–H groups in total. The van der Waals surface area contributed by atoms with E-state index >= 15 is 0 Å². The molecule has 0 fully saturated rings. The van der Waals surface area contributed by atoms with Gasteiger partial charge in [-0.15, -0.1) is 0 Å². The molecule has 144 valence electrons. The van der Waals surface area contributed by atoms with Crippen molar-refractivity contribution in [3.63, 3.8) is 0 Å². The second kappa shape index (κ2) is 7.09. The number of benzene rings is 2. The first-order valence-corrected chi connectivity index (χ1v) is 10.3. The van der Waals surface area contributed by atoms with Gasteiger partial charge in [-0.3, -0.25) is 4.98 Å². The Morgan fingerprint density at radius 1 is 0.929 bits per heavy atom. The molecule has 2 heterocycles. The van der Waals surface area contributed by atoms with Gasteiger partial charge < -0.3 is 4.42 Å². The van der Waals surface area contributed by atoms with E-state index in [1.807, 2.05) is 6.20 Å². The minimum absolute atomic E-state index is 0.361. The lowest BCUT2D eigenvalue weighted by Gasteiger charge is -2.10. The number of aryl methyl sites for hydroxylation is 2. The molecular formula is C26H29NO. The number of fused-ring (bicyclic) bond motifs is 2. The van der Waals surface area contributed by atoms with Crippen LogP contribution in [0.15, 0.2) is 47.0 Å². The SMILES string of the molecule is Cc1cc(-c2nccc3cc(CC(C)C)ccc23)c2oc(C(C)C)c(C)c2c1. The Balaban J connectivity index is 1.97. The number of pyridine rings is 1. The van der Waals surface area contributed by atoms with Crippen molar-refractivity contribution in [2.24, 2.45) is 5.92 Å². The molecule has 0 saturated carbocycles. The van der Waals surface area contributed by atoms with Gasteiger partial charge in [0, 0.05) is 28.5 Å². The van der Waals surface area contributed by atoms with Crippen molar-refractivity contribution in [2.45, 2.75) is 53.9 Å². The highest BCUT2D eigenvalue weighted by Crippen LogP contribution is 2.39. The summed E-state index contributed by atoms with van der Waals surface area (Å²) in [5.74, 6) is 2.08. The van der Waals surface area contributed by atoms with E-state index in [1.165, 1.54) is 32.8 Å². The van der Waals surface area contributed by atoms with Crippen molar-refractivity contribution in [3.8, 4) is 11.3 Å². The third kappa shape index (κ3) is 3.22. The molecule has 2 aromatic carbocycles. The molecule has 4 aromatic rings. The average Bonchev–Trinajstić information content (AvgIpc) is 2.97. The van der Waals surface area contributed by atoms with Gasteiger partial charge in [-0.25, -0.2) is 0 Å². The fourth-order valence-corrected chi connectivity index (χ4v) is 4.25. The maximum absolute atomic E-state index is 6.39. The summed E-state index contributed by atoms with van der Waals surface area (Å²) < 4.78 is 6.39. The molecule has 0 saturated heterocycles. The summed E-state index contributed by atoms with van der Waals surface area (Å²) in [6, 6.07) is 13.3. The standard InChI is InChI=1S/C26H29NO/c1-15(2)11-19-7-8-21-20(14-19)9-10-27-24(21)23-13-17(5)12-22-18(6)25(16(3)4)28-26(22)23/h7-10,12-16H,11H2,1-6H3. The van der Waals surface area contributed by atoms with Crippen molar-refractivity contribution in [1.82, 2.24) is 4.98 Å². The van der Waals surface area contributed by atoms with Crippen LogP contribution >= 0.6 is 0 Å². The predicted molar refractivity (Wildman–Crippen MR) is 119 cm³/mol. The second-order valence-corrected chi connectivity index (χ2v) is 8.75. The first-order chi connectivity index (χ1) is 13.3. The van der Waals surface area contributed by atoms with Crippen LogP contribution in [-0.2, 0) is 6.42 Å². The summed E-state index contributed by atoms with van der Waals surface area (Å²) in [6.07, 6.45) is 3.02. The van der Waals surface area contributed by atoms with Gasteiger partial charge in [0.2, 0.25) is 0 Å². The molecule has 28 heavy (non-hydrogen) atoms. The molecule has 0 amide bonds. The van der Waals surface area contributed by atoms with Crippen molar-refractivity contribution in [3.05, 3.63) is 65.0 Å². The molecule has 4 rings (SSSR count). The number of nitrogens with zero attached hydrogens (tertiary/aromatic N) is 1. The van der Waals surface area contributed by atoms with E-state index in [0.29, 0.717) is 11.8 Å². The Morgan fingerprint density at radius 3 is 2.43 bits per heavy atom. The monoisotopic (exact) mass is 371 g/mol. The van der Waals surface area contributed by atoms with Crippen LogP contribution in [0.2, 0.25) is 0 Å². The van der Waals surface area contributed by atoms with E-state index < -0.39 is 0 Å². The normalized spacial score (nSPS) is 12.0. The molecule has 0 spiro atoms. The lowest BCUT2D eigenvalue weighted by molar-refractivity contribution is 0.518. The molecule has 2 nitrogen and oxygen atoms in total. The molecule has 0 radical (unpaired) electrons. The first-order valence-electron chi connectivity index (χ1n) is 10.3. The molecule has 0 bridgehead atoms. The number of hydrogen-bond acceptors (Lipinski definition) is 2. The van der Waals surface area contributed by atoms with Crippen LogP contribution in [0.1, 0.15) is 56.1 Å². The van der Waals surface area contributed by atoms with Crippen molar-refractivity contribution in [2.75, 3.05) is 0 Å². The third-order valence-electron chi connectivity index (χ3n) is 5.47. The number of rotatable bonds is 4. The van der Waals surface area contributed by atoms with Crippen LogP contribution in [0.3, 0.4) is 0 Å². The van der Waals surface area contributed by atoms with Crippen molar-refractivity contribution in [1.29, 1.82) is 0 Å². The predicted octanol–water partition coefficient (Wildman–Crippen LogP) is 7.59. The Hall–Kier alpha value is -2.61. The summed E-state index contributed by atoms with van der Waals surface area (Å²) in [5, 5.41) is 3.63. The largest absolute Gasteiger partial charge is 0.460 e. The molecule has 0 aliphatic heterocycles. The smallest absolute Gasteiger partial charge is 0.143 e. The number of aromatic nitrogens is 1. The molecule has 0 aliphatic carbocycles. The van der Waals surface area contributed by atoms with Crippen LogP contribution in [0, 0.1) is 19.8 Å². The highest BCUT2D eigenvalue weighted by atomic mass is 16.3. The lowest BCUT2D eigenvalue weighted by atomic mass is 9.96. The maximum atomic E-state index is 6.39. The van der Waals surface area contributed by atoms with E-state index in [4.69, 9.17) is 9.40 Å². The highest BCUT2D eigenvalue weighted by Gasteiger charge is 2.19. The van der Waals surface area contributed by atoms with E-state index in [1.54, 1.807) is 0 Å². The van der Waals surface area contributed by atoms with Crippen LogP contribution in [0.5, 0.6) is 0 Å². The molecule has 0 atom stereocenters. The van der Waals surface area contributed by atoms with Crippen LogP contribution in [0.4, 0.5) is 0 Å². The van der Waals surface area contributed by atoms with Gasteiger partial charge in [-0.05, 0) is 66.5 Å². The third-order valence-corrected chi connectivity index (χ3v) is 5.47. The fraction of sp³-hybridized carbons (Fsp3) is 0.346. The summed E-state index contributed by atoms with van der Waals surface area (Å²) in [5.41, 5.74) is 6.91. The van der Waals surface area contributed by atoms with Crippen molar-refractivity contribution < 1.29 is 4.42 Å². The molecular weight excluding hydrogens is 342 g/mol. The zero-order valence-corrected chi connectivity index (χ0v) is 17.8. The van der Waals surface area contributed by atoms with Gasteiger partial charge in [0.05, 0.1) is 5.69 Å². The molecule has 2 aromatic heterocycles. The zero-order valence-electron chi connectivity index (χ0n) is 17.8. The first kappa shape index (κ1) is 18.7. The van der Waals surface area contributed by atoms with Crippen LogP contribution < -0.4 is 0 Å². The minimum Gasteiger partial charge on any atom is -0.460 e. The number of hydrogen-bond donors (Lipinski definition) is 0. The van der Waals surface area contributed by atoms with Gasteiger partial charge >= 0.3 is 0 Å². The molecule has 2 heteroatoms. The zero-order chi connectivity index (χ0) is 20.0. The fourth-order valence-electron chi connectivity index (χ4n) is 4.25. The minimum atomic E-state index is 0.361. The van der Waals surface area contributed by atoms with Gasteiger partial charge in [-0.1, -0.05) is 45.9 Å². The maximum Gasteiger partial charge on any atom is 0.143 e. The summed E-state index contributed by atoms with van der Waals surface area (Å²) >= 11 is 0. The topological polar surface area (TPSA) is 26.0 Å². The Kier molecular flexibility index (Phi) is 4.74. The van der Waals surface area contributed by atoms with E-state index in [2.05, 4.69) is 77.9 Å². The van der Waals surface area contributed by atoms with E-state index in [0.717, 1.165) is 29.0 Å². The van der Waals surface area contributed by atoms with Crippen molar-refractivity contribution >= 4 is 21.7 Å². The lowest BCUT2D eigenvalue weighted by Crippen LogP contribution is -1.94. The molecule has 0 unspecified atom stereocenters. The molecule has 0 aliphatic rings. The van der Waals surface area contributed by atoms with Crippen LogP contribution in [-0.4, -0.2) is 4.98 Å². The van der Waals surface area contributed by atoms with Gasteiger partial charge in [0.25, 0.3) is 0 Å². The van der Waals surface area contributed by atoms with Gasteiger partial charge in [-0.2, -0.15) is 0 Å². The summed E-state index contributed by atoms with van der Waals surface area (Å²) in [6.45, 7) is 13.2. The number of furan rings is 1. The average molecular weight is 372 g/mol.